The van der Waals surface area contributed by atoms with Crippen LogP contribution in [0.1, 0.15) is 76.6 Å². The fourth-order valence-corrected chi connectivity index (χ4v) is 6.96. The SMILES string of the molecule is COc1cccc(NC(=O)c2ccc3c(c2)CCC(N(C(=O)OC(C)(C)C)c2c(C(=O)Nc4cccc(OC)c4)ccc4c2CCC(N)C4)C3)c1.Cl. The van der Waals surface area contributed by atoms with Crippen molar-refractivity contribution >= 4 is 47.4 Å². The molecule has 0 heterocycles. The highest BCUT2D eigenvalue weighted by Crippen LogP contribution is 2.39. The highest BCUT2D eigenvalue weighted by atomic mass is 35.5. The van der Waals surface area contributed by atoms with Crippen LogP contribution in [0.15, 0.2) is 78.9 Å². The second-order valence-corrected chi connectivity index (χ2v) is 14.2. The lowest BCUT2D eigenvalue weighted by molar-refractivity contribution is 0.0562. The Morgan fingerprint density at radius 2 is 1.38 bits per heavy atom. The number of rotatable bonds is 8. The van der Waals surface area contributed by atoms with Gasteiger partial charge in [0.05, 0.1) is 25.5 Å². The molecule has 2 aliphatic carbocycles. The van der Waals surface area contributed by atoms with Gasteiger partial charge in [0.15, 0.2) is 0 Å². The minimum atomic E-state index is -0.771. The molecule has 6 rings (SSSR count). The zero-order chi connectivity index (χ0) is 36.3. The summed E-state index contributed by atoms with van der Waals surface area (Å²) >= 11 is 0. The molecule has 2 aliphatic rings. The topological polar surface area (TPSA) is 132 Å². The molecule has 11 heteroatoms. The van der Waals surface area contributed by atoms with Crippen LogP contribution in [-0.4, -0.2) is 49.8 Å². The van der Waals surface area contributed by atoms with Crippen molar-refractivity contribution < 1.29 is 28.6 Å². The summed E-state index contributed by atoms with van der Waals surface area (Å²) < 4.78 is 16.7. The number of aryl methyl sites for hydroxylation is 1. The highest BCUT2D eigenvalue weighted by Gasteiger charge is 2.37. The number of carbonyl (C=O) groups excluding carboxylic acids is 3. The smallest absolute Gasteiger partial charge is 0.415 e. The maximum Gasteiger partial charge on any atom is 0.415 e. The number of hydrogen-bond donors (Lipinski definition) is 3. The molecule has 0 saturated carbocycles. The monoisotopic (exact) mass is 726 g/mol. The van der Waals surface area contributed by atoms with Crippen LogP contribution < -0.4 is 30.7 Å². The molecule has 0 fully saturated rings. The molecule has 4 N–H and O–H groups in total. The van der Waals surface area contributed by atoms with Crippen LogP contribution in [-0.2, 0) is 30.4 Å². The molecule has 52 heavy (non-hydrogen) atoms. The van der Waals surface area contributed by atoms with Crippen molar-refractivity contribution in [3.8, 4) is 11.5 Å². The number of amides is 3. The van der Waals surface area contributed by atoms with Crippen LogP contribution >= 0.6 is 12.4 Å². The van der Waals surface area contributed by atoms with Gasteiger partial charge < -0.3 is 30.6 Å². The Hall–Kier alpha value is -5.06. The summed E-state index contributed by atoms with van der Waals surface area (Å²) in [6, 6.07) is 23.5. The fourth-order valence-electron chi connectivity index (χ4n) is 6.96. The number of methoxy groups -OCH3 is 2. The van der Waals surface area contributed by atoms with Gasteiger partial charge in [0, 0.05) is 41.2 Å². The number of nitrogens with one attached hydrogen (secondary N) is 2. The van der Waals surface area contributed by atoms with Crippen molar-refractivity contribution in [2.24, 2.45) is 5.73 Å². The van der Waals surface area contributed by atoms with Crippen LogP contribution in [0.2, 0.25) is 0 Å². The summed E-state index contributed by atoms with van der Waals surface area (Å²) in [6.07, 6.45) is 3.25. The van der Waals surface area contributed by atoms with Crippen LogP contribution in [0.25, 0.3) is 0 Å². The van der Waals surface area contributed by atoms with E-state index in [1.54, 1.807) is 43.4 Å². The Kier molecular flexibility index (Phi) is 11.8. The van der Waals surface area contributed by atoms with E-state index in [1.807, 2.05) is 75.4 Å². The van der Waals surface area contributed by atoms with Gasteiger partial charge in [-0.15, -0.1) is 12.4 Å². The van der Waals surface area contributed by atoms with Gasteiger partial charge in [0.1, 0.15) is 17.1 Å². The third-order valence-corrected chi connectivity index (χ3v) is 9.39. The van der Waals surface area contributed by atoms with Crippen LogP contribution in [0.5, 0.6) is 11.5 Å². The molecule has 0 saturated heterocycles. The number of nitrogens with zero attached hydrogens (tertiary/aromatic N) is 1. The Morgan fingerprint density at radius 1 is 0.750 bits per heavy atom. The summed E-state index contributed by atoms with van der Waals surface area (Å²) in [7, 11) is 3.16. The van der Waals surface area contributed by atoms with Crippen LogP contribution in [0.4, 0.5) is 21.9 Å². The average molecular weight is 727 g/mol. The third kappa shape index (κ3) is 8.69. The lowest BCUT2D eigenvalue weighted by Crippen LogP contribution is -2.47. The number of ether oxygens (including phenoxy) is 3. The molecule has 0 radical (unpaired) electrons. The first-order chi connectivity index (χ1) is 24.4. The van der Waals surface area contributed by atoms with E-state index in [9.17, 15) is 14.4 Å². The average Bonchev–Trinajstić information content (AvgIpc) is 3.10. The predicted octanol–water partition coefficient (Wildman–Crippen LogP) is 7.75. The maximum absolute atomic E-state index is 14.4. The number of nitrogens with two attached hydrogens (primary N) is 1. The lowest BCUT2D eigenvalue weighted by Gasteiger charge is -2.39. The number of carbonyl (C=O) groups is 3. The van der Waals surface area contributed by atoms with E-state index in [-0.39, 0.29) is 36.3 Å². The molecule has 0 aromatic heterocycles. The Bertz CT molecular complexity index is 1960. The zero-order valence-corrected chi connectivity index (χ0v) is 31.1. The number of fused-ring (bicyclic) bond motifs is 2. The zero-order valence-electron chi connectivity index (χ0n) is 30.3. The van der Waals surface area contributed by atoms with Gasteiger partial charge in [-0.2, -0.15) is 0 Å². The normalized spacial score (nSPS) is 16.3. The van der Waals surface area contributed by atoms with Crippen molar-refractivity contribution in [2.75, 3.05) is 29.8 Å². The van der Waals surface area contributed by atoms with Crippen molar-refractivity contribution in [1.82, 2.24) is 0 Å². The first-order valence-corrected chi connectivity index (χ1v) is 17.4. The van der Waals surface area contributed by atoms with E-state index in [0.717, 1.165) is 28.7 Å². The van der Waals surface area contributed by atoms with Crippen molar-refractivity contribution in [1.29, 1.82) is 0 Å². The molecule has 274 valence electrons. The Morgan fingerprint density at radius 3 is 2.02 bits per heavy atom. The summed E-state index contributed by atoms with van der Waals surface area (Å²) in [4.78, 5) is 43.5. The molecule has 0 aliphatic heterocycles. The van der Waals surface area contributed by atoms with Gasteiger partial charge in [-0.1, -0.05) is 24.3 Å². The van der Waals surface area contributed by atoms with Gasteiger partial charge in [-0.05, 0) is 124 Å². The van der Waals surface area contributed by atoms with Crippen LogP contribution in [0, 0.1) is 0 Å². The molecule has 2 atom stereocenters. The molecule has 0 spiro atoms. The van der Waals surface area contributed by atoms with Crippen molar-refractivity contribution in [2.45, 2.75) is 77.0 Å². The van der Waals surface area contributed by atoms with E-state index in [4.69, 9.17) is 19.9 Å². The quantitative estimate of drug-likeness (QED) is 0.169. The summed E-state index contributed by atoms with van der Waals surface area (Å²) in [5.74, 6) is 0.712. The Balaban J connectivity index is 0.00000523. The Labute approximate surface area is 311 Å². The molecule has 4 aromatic carbocycles. The lowest BCUT2D eigenvalue weighted by atomic mass is 9.83. The van der Waals surface area contributed by atoms with E-state index < -0.39 is 11.7 Å². The maximum atomic E-state index is 14.4. The molecule has 10 nitrogen and oxygen atoms in total. The predicted molar refractivity (Wildman–Crippen MR) is 207 cm³/mol. The van der Waals surface area contributed by atoms with Gasteiger partial charge in [0.2, 0.25) is 0 Å². The third-order valence-electron chi connectivity index (χ3n) is 9.39. The first-order valence-electron chi connectivity index (χ1n) is 17.4. The molecule has 3 amide bonds. The highest BCUT2D eigenvalue weighted by molar-refractivity contribution is 6.11. The second kappa shape index (κ2) is 16.1. The van der Waals surface area contributed by atoms with Gasteiger partial charge >= 0.3 is 6.09 Å². The molecule has 4 aromatic rings. The van der Waals surface area contributed by atoms with Crippen LogP contribution in [0.3, 0.4) is 0 Å². The number of halogens is 1. The van der Waals surface area contributed by atoms with Crippen molar-refractivity contribution in [3.63, 3.8) is 0 Å². The fraction of sp³-hybridized carbons (Fsp3) is 0.341. The number of anilines is 3. The summed E-state index contributed by atoms with van der Waals surface area (Å²) in [5.41, 5.74) is 12.4. The van der Waals surface area contributed by atoms with E-state index in [1.165, 1.54) is 0 Å². The van der Waals surface area contributed by atoms with E-state index >= 15 is 0 Å². The van der Waals surface area contributed by atoms with Gasteiger partial charge in [0.25, 0.3) is 11.8 Å². The van der Waals surface area contributed by atoms with E-state index in [2.05, 4.69) is 10.6 Å². The standard InChI is InChI=1S/C41H46N4O6.ClH/c1-41(2,3)51-40(48)45(32-17-14-25-20-28(13-12-26(25)22-32)38(46)43-30-8-6-10-33(23-30)49-4)37-35-19-16-29(42)21-27(35)15-18-36(37)39(47)44-31-9-7-11-34(24-31)50-5;/h6-13,15,18,20,23-24,29,32H,14,16-17,19,21-22,42H2,1-5H3,(H,43,46)(H,44,47);1H. The number of benzene rings is 4. The second-order valence-electron chi connectivity index (χ2n) is 14.2. The van der Waals surface area contributed by atoms with Crippen molar-refractivity contribution in [3.05, 3.63) is 112 Å². The first kappa shape index (κ1) is 38.2. The number of hydrogen-bond acceptors (Lipinski definition) is 7. The van der Waals surface area contributed by atoms with Gasteiger partial charge in [-0.3, -0.25) is 14.5 Å². The van der Waals surface area contributed by atoms with E-state index in [0.29, 0.717) is 71.8 Å². The molecular weight excluding hydrogens is 680 g/mol. The largest absolute Gasteiger partial charge is 0.497 e. The summed E-state index contributed by atoms with van der Waals surface area (Å²) in [6.45, 7) is 5.52. The summed E-state index contributed by atoms with van der Waals surface area (Å²) in [5, 5.41) is 5.98. The minimum absolute atomic E-state index is 0. The minimum Gasteiger partial charge on any atom is -0.497 e. The molecule has 0 bridgehead atoms. The molecular formula is C41H47ClN4O6. The van der Waals surface area contributed by atoms with Gasteiger partial charge in [-0.25, -0.2) is 4.79 Å². The molecule has 2 unspecified atom stereocenters.